The van der Waals surface area contributed by atoms with Crippen LogP contribution in [0.25, 0.3) is 0 Å². The van der Waals surface area contributed by atoms with Crippen LogP contribution in [0, 0.1) is 0 Å². The number of hydrogen-bond acceptors (Lipinski definition) is 1. The van der Waals surface area contributed by atoms with Crippen molar-refractivity contribution in [3.63, 3.8) is 0 Å². The molecular weight excluding hydrogens is 193 g/mol. The van der Waals surface area contributed by atoms with Crippen LogP contribution < -0.4 is 5.32 Å². The van der Waals surface area contributed by atoms with Crippen LogP contribution >= 0.6 is 0 Å². The van der Waals surface area contributed by atoms with E-state index in [4.69, 9.17) is 0 Å². The molecule has 1 aromatic carbocycles. The Balaban J connectivity index is 2.02. The van der Waals surface area contributed by atoms with E-state index in [1.807, 2.05) is 6.07 Å². The molecule has 2 nitrogen and oxygen atoms in total. The molecule has 0 fully saturated rings. The van der Waals surface area contributed by atoms with Crippen LogP contribution in [0.5, 0.6) is 0 Å². The lowest BCUT2D eigenvalue weighted by Gasteiger charge is -2.04. The molecule has 1 aliphatic rings. The molecule has 1 amide bonds. The number of halogens is 1. The molecule has 1 unspecified atom stereocenters. The molecule has 0 heterocycles. The van der Waals surface area contributed by atoms with Crippen molar-refractivity contribution in [3.05, 3.63) is 47.7 Å². The van der Waals surface area contributed by atoms with Crippen LogP contribution in [0.1, 0.15) is 23.2 Å². The monoisotopic (exact) mass is 205 g/mol. The summed E-state index contributed by atoms with van der Waals surface area (Å²) in [6.45, 7) is 0. The predicted octanol–water partition coefficient (Wildman–Crippen LogP) is 2.43. The molecule has 0 aliphatic heterocycles. The maximum absolute atomic E-state index is 12.8. The van der Waals surface area contributed by atoms with Gasteiger partial charge in [0.2, 0.25) is 0 Å². The van der Waals surface area contributed by atoms with E-state index in [1.54, 1.807) is 24.3 Å². The van der Waals surface area contributed by atoms with Crippen molar-refractivity contribution in [3.8, 4) is 0 Å². The number of allylic oxidation sites excluding steroid dienone is 2. The van der Waals surface area contributed by atoms with Crippen molar-refractivity contribution >= 4 is 5.91 Å². The van der Waals surface area contributed by atoms with Crippen LogP contribution in [0.3, 0.4) is 0 Å². The van der Waals surface area contributed by atoms with E-state index in [0.717, 1.165) is 0 Å². The Hall–Kier alpha value is -1.64. The van der Waals surface area contributed by atoms with Crippen molar-refractivity contribution in [2.45, 2.75) is 19.0 Å². The minimum atomic E-state index is -0.906. The Labute approximate surface area is 87.8 Å². The minimum Gasteiger partial charge on any atom is -0.326 e. The molecule has 3 heteroatoms. The summed E-state index contributed by atoms with van der Waals surface area (Å²) in [5.41, 5.74) is 1.29. The van der Waals surface area contributed by atoms with Crippen LogP contribution in [0.15, 0.2) is 42.1 Å². The van der Waals surface area contributed by atoms with Gasteiger partial charge in [-0.2, -0.15) is 0 Å². The first-order valence-electron chi connectivity index (χ1n) is 4.97. The molecule has 0 spiro atoms. The van der Waals surface area contributed by atoms with Gasteiger partial charge in [-0.25, -0.2) is 4.39 Å². The standard InChI is InChI=1S/C12H12FNO/c13-10-6-7-11(8-10)14-12(15)9-4-2-1-3-5-9/h1-5,8,10H,6-7H2,(H,14,15). The smallest absolute Gasteiger partial charge is 0.255 e. The summed E-state index contributed by atoms with van der Waals surface area (Å²) >= 11 is 0. The highest BCUT2D eigenvalue weighted by Gasteiger charge is 2.16. The Morgan fingerprint density at radius 3 is 2.67 bits per heavy atom. The minimum absolute atomic E-state index is 0.170. The zero-order valence-electron chi connectivity index (χ0n) is 8.24. The molecular formula is C12H12FNO. The second-order valence-corrected chi connectivity index (χ2v) is 3.57. The van der Waals surface area contributed by atoms with Gasteiger partial charge in [-0.1, -0.05) is 18.2 Å². The van der Waals surface area contributed by atoms with Gasteiger partial charge in [0.15, 0.2) is 0 Å². The molecule has 0 radical (unpaired) electrons. The molecule has 1 atom stereocenters. The number of hydrogen-bond donors (Lipinski definition) is 1. The highest BCUT2D eigenvalue weighted by atomic mass is 19.1. The molecule has 1 N–H and O–H groups in total. The van der Waals surface area contributed by atoms with Crippen LogP contribution in [0.2, 0.25) is 0 Å². The van der Waals surface area contributed by atoms with E-state index in [-0.39, 0.29) is 5.91 Å². The van der Waals surface area contributed by atoms with Gasteiger partial charge in [-0.3, -0.25) is 4.79 Å². The fraction of sp³-hybridized carbons (Fsp3) is 0.250. The maximum atomic E-state index is 12.8. The van der Waals surface area contributed by atoms with E-state index in [2.05, 4.69) is 5.32 Å². The topological polar surface area (TPSA) is 29.1 Å². The number of carbonyl (C=O) groups excluding carboxylic acids is 1. The first kappa shape index (κ1) is 9.90. The van der Waals surface area contributed by atoms with Crippen molar-refractivity contribution in [1.29, 1.82) is 0 Å². The second-order valence-electron chi connectivity index (χ2n) is 3.57. The fourth-order valence-electron chi connectivity index (χ4n) is 1.59. The van der Waals surface area contributed by atoms with Gasteiger partial charge in [0, 0.05) is 11.3 Å². The van der Waals surface area contributed by atoms with Crippen LogP contribution in [-0.4, -0.2) is 12.1 Å². The van der Waals surface area contributed by atoms with E-state index < -0.39 is 6.17 Å². The largest absolute Gasteiger partial charge is 0.326 e. The van der Waals surface area contributed by atoms with E-state index >= 15 is 0 Å². The molecule has 0 saturated carbocycles. The maximum Gasteiger partial charge on any atom is 0.255 e. The molecule has 1 aromatic rings. The van der Waals surface area contributed by atoms with Gasteiger partial charge in [0.1, 0.15) is 6.17 Å². The highest BCUT2D eigenvalue weighted by molar-refractivity contribution is 5.95. The fourth-order valence-corrected chi connectivity index (χ4v) is 1.59. The Bertz CT molecular complexity index is 386. The number of benzene rings is 1. The van der Waals surface area contributed by atoms with Gasteiger partial charge in [0.25, 0.3) is 5.91 Å². The summed E-state index contributed by atoms with van der Waals surface area (Å²) in [4.78, 5) is 11.6. The zero-order chi connectivity index (χ0) is 10.7. The highest BCUT2D eigenvalue weighted by Crippen LogP contribution is 2.18. The van der Waals surface area contributed by atoms with Crippen molar-refractivity contribution < 1.29 is 9.18 Å². The number of carbonyl (C=O) groups is 1. The SMILES string of the molecule is O=C(NC1=CC(F)CC1)c1ccccc1. The van der Waals surface area contributed by atoms with E-state index in [9.17, 15) is 9.18 Å². The Morgan fingerprint density at radius 1 is 1.33 bits per heavy atom. The lowest BCUT2D eigenvalue weighted by Crippen LogP contribution is -2.21. The van der Waals surface area contributed by atoms with Crippen molar-refractivity contribution in [2.24, 2.45) is 0 Å². The quantitative estimate of drug-likeness (QED) is 0.789. The Morgan fingerprint density at radius 2 is 2.07 bits per heavy atom. The number of nitrogens with one attached hydrogen (secondary N) is 1. The molecule has 0 aromatic heterocycles. The number of rotatable bonds is 2. The van der Waals surface area contributed by atoms with Crippen molar-refractivity contribution in [1.82, 2.24) is 5.32 Å². The van der Waals surface area contributed by atoms with Crippen LogP contribution in [-0.2, 0) is 0 Å². The van der Waals surface area contributed by atoms with Crippen molar-refractivity contribution in [2.75, 3.05) is 0 Å². The molecule has 15 heavy (non-hydrogen) atoms. The number of amides is 1. The third-order valence-corrected chi connectivity index (χ3v) is 2.38. The normalized spacial score (nSPS) is 19.8. The first-order valence-corrected chi connectivity index (χ1v) is 4.97. The summed E-state index contributed by atoms with van der Waals surface area (Å²) in [5, 5.41) is 2.71. The summed E-state index contributed by atoms with van der Waals surface area (Å²) in [7, 11) is 0. The van der Waals surface area contributed by atoms with Gasteiger partial charge >= 0.3 is 0 Å². The van der Waals surface area contributed by atoms with E-state index in [0.29, 0.717) is 24.1 Å². The summed E-state index contributed by atoms with van der Waals surface area (Å²) in [6.07, 6.45) is 1.65. The molecule has 0 saturated heterocycles. The average Bonchev–Trinajstić information content (AvgIpc) is 2.65. The van der Waals surface area contributed by atoms with Crippen LogP contribution in [0.4, 0.5) is 4.39 Å². The summed E-state index contributed by atoms with van der Waals surface area (Å²) in [6, 6.07) is 8.92. The molecule has 78 valence electrons. The summed E-state index contributed by atoms with van der Waals surface area (Å²) < 4.78 is 12.8. The predicted molar refractivity (Wildman–Crippen MR) is 56.1 cm³/mol. The molecule has 2 rings (SSSR count). The lowest BCUT2D eigenvalue weighted by atomic mass is 10.2. The van der Waals surface area contributed by atoms with Gasteiger partial charge in [-0.15, -0.1) is 0 Å². The average molecular weight is 205 g/mol. The second kappa shape index (κ2) is 4.26. The zero-order valence-corrected chi connectivity index (χ0v) is 8.24. The van der Waals surface area contributed by atoms with Gasteiger partial charge in [0.05, 0.1) is 0 Å². The van der Waals surface area contributed by atoms with Gasteiger partial charge < -0.3 is 5.32 Å². The lowest BCUT2D eigenvalue weighted by molar-refractivity contribution is 0.0965. The van der Waals surface area contributed by atoms with E-state index in [1.165, 1.54) is 6.08 Å². The third kappa shape index (κ3) is 2.43. The molecule has 1 aliphatic carbocycles. The Kier molecular flexibility index (Phi) is 2.81. The first-order chi connectivity index (χ1) is 7.25. The summed E-state index contributed by atoms with van der Waals surface area (Å²) in [5.74, 6) is -0.170. The van der Waals surface area contributed by atoms with Gasteiger partial charge in [-0.05, 0) is 31.1 Å². The molecule has 0 bridgehead atoms. The third-order valence-electron chi connectivity index (χ3n) is 2.38. The number of alkyl halides is 1.